The molecule has 0 saturated carbocycles. The van der Waals surface area contributed by atoms with Gasteiger partial charge in [-0.3, -0.25) is 0 Å². The minimum absolute atomic E-state index is 0.177. The Morgan fingerprint density at radius 2 is 2.17 bits per heavy atom. The molecule has 1 atom stereocenters. The first-order chi connectivity index (χ1) is 8.41. The Labute approximate surface area is 107 Å². The molecule has 0 amide bonds. The van der Waals surface area contributed by atoms with E-state index in [4.69, 9.17) is 0 Å². The van der Waals surface area contributed by atoms with Crippen LogP contribution in [0.3, 0.4) is 0 Å². The van der Waals surface area contributed by atoms with Crippen LogP contribution in [-0.2, 0) is 10.0 Å². The predicted molar refractivity (Wildman–Crippen MR) is 67.9 cm³/mol. The molecule has 2 heterocycles. The molecule has 7 heteroatoms. The normalized spacial score (nSPS) is 20.7. The highest BCUT2D eigenvalue weighted by Gasteiger charge is 2.22. The number of anilines is 1. The van der Waals surface area contributed by atoms with E-state index in [0.29, 0.717) is 12.4 Å². The number of nitrogens with zero attached hydrogens (tertiary/aromatic N) is 3. The average molecular weight is 271 g/mol. The molecule has 6 nitrogen and oxygen atoms in total. The Morgan fingerprint density at radius 1 is 1.44 bits per heavy atom. The van der Waals surface area contributed by atoms with E-state index in [0.717, 1.165) is 17.3 Å². The van der Waals surface area contributed by atoms with E-state index in [2.05, 4.69) is 4.98 Å². The van der Waals surface area contributed by atoms with E-state index in [1.54, 1.807) is 12.1 Å². The highest BCUT2D eigenvalue weighted by molar-refractivity contribution is 7.89. The third kappa shape index (κ3) is 2.47. The van der Waals surface area contributed by atoms with Crippen LogP contribution in [0.1, 0.15) is 6.42 Å². The van der Waals surface area contributed by atoms with Crippen molar-refractivity contribution in [2.75, 3.05) is 32.1 Å². The molecule has 0 aliphatic carbocycles. The highest BCUT2D eigenvalue weighted by Crippen LogP contribution is 2.20. The van der Waals surface area contributed by atoms with Gasteiger partial charge in [0, 0.05) is 33.4 Å². The second kappa shape index (κ2) is 4.83. The number of pyridine rings is 1. The van der Waals surface area contributed by atoms with Crippen molar-refractivity contribution in [2.24, 2.45) is 0 Å². The summed E-state index contributed by atoms with van der Waals surface area (Å²) in [7, 11) is -0.453. The lowest BCUT2D eigenvalue weighted by atomic mass is 10.3. The first kappa shape index (κ1) is 13.3. The maximum atomic E-state index is 11.8. The molecule has 1 aliphatic rings. The van der Waals surface area contributed by atoms with Gasteiger partial charge in [-0.05, 0) is 18.6 Å². The standard InChI is InChI=1S/C11H17N3O3S/c1-13(2)18(16,17)10-3-4-11(12-7-10)14-6-5-9(15)8-14/h3-4,7,9,15H,5-6,8H2,1-2H3. The maximum absolute atomic E-state index is 11.8. The fourth-order valence-electron chi connectivity index (χ4n) is 1.87. The fourth-order valence-corrected chi connectivity index (χ4v) is 2.72. The van der Waals surface area contributed by atoms with Gasteiger partial charge in [0.05, 0.1) is 6.10 Å². The third-order valence-electron chi connectivity index (χ3n) is 2.99. The average Bonchev–Trinajstić information content (AvgIpc) is 2.76. The Bertz CT molecular complexity index is 513. The Balaban J connectivity index is 2.21. The smallest absolute Gasteiger partial charge is 0.244 e. The largest absolute Gasteiger partial charge is 0.391 e. The number of hydrogen-bond acceptors (Lipinski definition) is 5. The summed E-state index contributed by atoms with van der Waals surface area (Å²) in [6, 6.07) is 3.22. The van der Waals surface area contributed by atoms with E-state index in [-0.39, 0.29) is 11.0 Å². The number of β-amino-alcohol motifs (C(OH)–C–C–N with tert-alkyl or cyclic N) is 1. The van der Waals surface area contributed by atoms with Crippen LogP contribution in [-0.4, -0.2) is 56.1 Å². The van der Waals surface area contributed by atoms with Crippen molar-refractivity contribution in [1.29, 1.82) is 0 Å². The third-order valence-corrected chi connectivity index (χ3v) is 4.79. The molecule has 1 fully saturated rings. The SMILES string of the molecule is CN(C)S(=O)(=O)c1ccc(N2CCC(O)C2)nc1. The molecule has 1 aromatic rings. The summed E-state index contributed by atoms with van der Waals surface area (Å²) >= 11 is 0. The van der Waals surface area contributed by atoms with Crippen LogP contribution in [0.25, 0.3) is 0 Å². The lowest BCUT2D eigenvalue weighted by Gasteiger charge is -2.17. The number of sulfonamides is 1. The van der Waals surface area contributed by atoms with E-state index < -0.39 is 10.0 Å². The van der Waals surface area contributed by atoms with Crippen molar-refractivity contribution in [2.45, 2.75) is 17.4 Å². The van der Waals surface area contributed by atoms with E-state index in [1.165, 1.54) is 20.3 Å². The number of aromatic nitrogens is 1. The minimum Gasteiger partial charge on any atom is -0.391 e. The van der Waals surface area contributed by atoms with Crippen LogP contribution in [0.5, 0.6) is 0 Å². The zero-order valence-corrected chi connectivity index (χ0v) is 11.3. The van der Waals surface area contributed by atoms with Crippen molar-refractivity contribution < 1.29 is 13.5 Å². The molecule has 1 aliphatic heterocycles. The summed E-state index contributed by atoms with van der Waals surface area (Å²) in [4.78, 5) is 6.27. The summed E-state index contributed by atoms with van der Waals surface area (Å²) in [6.45, 7) is 1.29. The second-order valence-electron chi connectivity index (χ2n) is 4.53. The van der Waals surface area contributed by atoms with Gasteiger partial charge in [-0.15, -0.1) is 0 Å². The van der Waals surface area contributed by atoms with Crippen molar-refractivity contribution in [3.05, 3.63) is 18.3 Å². The van der Waals surface area contributed by atoms with Crippen LogP contribution < -0.4 is 4.90 Å². The van der Waals surface area contributed by atoms with E-state index in [9.17, 15) is 13.5 Å². The number of aliphatic hydroxyl groups excluding tert-OH is 1. The van der Waals surface area contributed by atoms with Gasteiger partial charge in [0.2, 0.25) is 10.0 Å². The van der Waals surface area contributed by atoms with Crippen LogP contribution in [0, 0.1) is 0 Å². The van der Waals surface area contributed by atoms with Crippen LogP contribution in [0.2, 0.25) is 0 Å². The lowest BCUT2D eigenvalue weighted by molar-refractivity contribution is 0.198. The first-order valence-corrected chi connectivity index (χ1v) is 7.17. The number of rotatable bonds is 3. The van der Waals surface area contributed by atoms with Crippen LogP contribution >= 0.6 is 0 Å². The van der Waals surface area contributed by atoms with Gasteiger partial charge in [-0.1, -0.05) is 0 Å². The van der Waals surface area contributed by atoms with Gasteiger partial charge >= 0.3 is 0 Å². The van der Waals surface area contributed by atoms with Crippen molar-refractivity contribution in [1.82, 2.24) is 9.29 Å². The van der Waals surface area contributed by atoms with Gasteiger partial charge in [-0.2, -0.15) is 0 Å². The minimum atomic E-state index is -3.43. The molecule has 0 aromatic carbocycles. The number of aliphatic hydroxyl groups is 1. The summed E-state index contributed by atoms with van der Waals surface area (Å²) in [6.07, 6.45) is 1.76. The molecule has 0 bridgehead atoms. The molecule has 1 aromatic heterocycles. The lowest BCUT2D eigenvalue weighted by Crippen LogP contribution is -2.24. The zero-order valence-electron chi connectivity index (χ0n) is 10.4. The number of hydrogen-bond donors (Lipinski definition) is 1. The maximum Gasteiger partial charge on any atom is 0.244 e. The van der Waals surface area contributed by atoms with Gasteiger partial charge < -0.3 is 10.0 Å². The topological polar surface area (TPSA) is 73.7 Å². The zero-order chi connectivity index (χ0) is 13.3. The molecule has 1 unspecified atom stereocenters. The van der Waals surface area contributed by atoms with Crippen LogP contribution in [0.4, 0.5) is 5.82 Å². The van der Waals surface area contributed by atoms with E-state index in [1.807, 2.05) is 4.90 Å². The van der Waals surface area contributed by atoms with Crippen molar-refractivity contribution in [3.63, 3.8) is 0 Å². The monoisotopic (exact) mass is 271 g/mol. The molecular formula is C11H17N3O3S. The molecule has 0 radical (unpaired) electrons. The Hall–Kier alpha value is -1.18. The Kier molecular flexibility index (Phi) is 3.56. The second-order valence-corrected chi connectivity index (χ2v) is 6.68. The fraction of sp³-hybridized carbons (Fsp3) is 0.545. The summed E-state index contributed by atoms with van der Waals surface area (Å²) in [5.74, 6) is 0.698. The summed E-state index contributed by atoms with van der Waals surface area (Å²) in [5, 5.41) is 9.45. The quantitative estimate of drug-likeness (QED) is 0.831. The molecule has 1 N–H and O–H groups in total. The molecule has 18 heavy (non-hydrogen) atoms. The van der Waals surface area contributed by atoms with Gasteiger partial charge in [0.1, 0.15) is 10.7 Å². The van der Waals surface area contributed by atoms with Gasteiger partial charge in [0.15, 0.2) is 0 Å². The summed E-state index contributed by atoms with van der Waals surface area (Å²) < 4.78 is 24.9. The molecule has 2 rings (SSSR count). The highest BCUT2D eigenvalue weighted by atomic mass is 32.2. The van der Waals surface area contributed by atoms with Crippen LogP contribution in [0.15, 0.2) is 23.2 Å². The van der Waals surface area contributed by atoms with Crippen molar-refractivity contribution in [3.8, 4) is 0 Å². The molecule has 0 spiro atoms. The van der Waals surface area contributed by atoms with Gasteiger partial charge in [0.25, 0.3) is 0 Å². The predicted octanol–water partition coefficient (Wildman–Crippen LogP) is -0.0971. The van der Waals surface area contributed by atoms with Crippen molar-refractivity contribution >= 4 is 15.8 Å². The Morgan fingerprint density at radius 3 is 2.61 bits per heavy atom. The van der Waals surface area contributed by atoms with E-state index >= 15 is 0 Å². The first-order valence-electron chi connectivity index (χ1n) is 5.73. The molecule has 1 saturated heterocycles. The molecule has 100 valence electrons. The van der Waals surface area contributed by atoms with Gasteiger partial charge in [-0.25, -0.2) is 17.7 Å². The summed E-state index contributed by atoms with van der Waals surface area (Å²) in [5.41, 5.74) is 0. The molecular weight excluding hydrogens is 254 g/mol.